The van der Waals surface area contributed by atoms with Gasteiger partial charge >= 0.3 is 12.3 Å². The molecule has 1 aromatic rings. The molecule has 0 radical (unpaired) electrons. The highest BCUT2D eigenvalue weighted by atomic mass is 19.3. The van der Waals surface area contributed by atoms with Gasteiger partial charge in [-0.15, -0.1) is 0 Å². The van der Waals surface area contributed by atoms with Gasteiger partial charge < -0.3 is 19.5 Å². The zero-order valence-electron chi connectivity index (χ0n) is 12.7. The molecule has 5 nitrogen and oxygen atoms in total. The fourth-order valence-electron chi connectivity index (χ4n) is 2.19. The topological polar surface area (TPSA) is 59.0 Å². The van der Waals surface area contributed by atoms with E-state index in [-0.39, 0.29) is 26.3 Å². The van der Waals surface area contributed by atoms with E-state index in [1.165, 1.54) is 4.90 Å². The van der Waals surface area contributed by atoms with Gasteiger partial charge in [0.1, 0.15) is 25.6 Å². The lowest BCUT2D eigenvalue weighted by molar-refractivity contribution is -0.171. The van der Waals surface area contributed by atoms with Crippen molar-refractivity contribution in [3.8, 4) is 5.75 Å². The van der Waals surface area contributed by atoms with E-state index in [0.717, 1.165) is 0 Å². The van der Waals surface area contributed by atoms with Crippen LogP contribution in [0.4, 0.5) is 17.6 Å². The SMILES string of the molecule is O=C(COCC(F)(F)C(F)F)N1CCOc2ccc(CO)cc2C1. The summed E-state index contributed by atoms with van der Waals surface area (Å²) < 4.78 is 59.5. The molecular weight excluding hydrogens is 334 g/mol. The van der Waals surface area contributed by atoms with Gasteiger partial charge in [-0.1, -0.05) is 6.07 Å². The van der Waals surface area contributed by atoms with E-state index in [1.807, 2.05) is 0 Å². The maximum Gasteiger partial charge on any atom is 0.330 e. The average molecular weight is 351 g/mol. The summed E-state index contributed by atoms with van der Waals surface area (Å²) in [7, 11) is 0. The molecule has 0 saturated heterocycles. The number of carbonyl (C=O) groups is 1. The quantitative estimate of drug-likeness (QED) is 0.795. The van der Waals surface area contributed by atoms with Crippen LogP contribution in [-0.4, -0.2) is 54.6 Å². The Morgan fingerprint density at radius 1 is 1.42 bits per heavy atom. The maximum atomic E-state index is 12.7. The van der Waals surface area contributed by atoms with E-state index in [4.69, 9.17) is 9.84 Å². The van der Waals surface area contributed by atoms with Gasteiger partial charge in [-0.05, 0) is 17.7 Å². The average Bonchev–Trinajstić information content (AvgIpc) is 2.75. The van der Waals surface area contributed by atoms with Crippen LogP contribution in [0.15, 0.2) is 18.2 Å². The Hall–Kier alpha value is -1.87. The number of rotatable bonds is 6. The van der Waals surface area contributed by atoms with Crippen LogP contribution < -0.4 is 4.74 Å². The summed E-state index contributed by atoms with van der Waals surface area (Å²) in [6, 6.07) is 5.03. The Balaban J connectivity index is 1.95. The first-order valence-corrected chi connectivity index (χ1v) is 7.20. The number of aliphatic hydroxyl groups is 1. The maximum absolute atomic E-state index is 12.7. The van der Waals surface area contributed by atoms with Crippen LogP contribution in [0, 0.1) is 0 Å². The molecule has 0 fully saturated rings. The van der Waals surface area contributed by atoms with Crippen molar-refractivity contribution in [2.24, 2.45) is 0 Å². The molecule has 0 atom stereocenters. The Kier molecular flexibility index (Phi) is 6.00. The third kappa shape index (κ3) is 4.57. The Morgan fingerprint density at radius 3 is 2.83 bits per heavy atom. The highest BCUT2D eigenvalue weighted by Gasteiger charge is 2.41. The van der Waals surface area contributed by atoms with E-state index in [1.54, 1.807) is 18.2 Å². The molecule has 1 amide bonds. The third-order valence-electron chi connectivity index (χ3n) is 3.48. The Bertz CT molecular complexity index is 583. The summed E-state index contributed by atoms with van der Waals surface area (Å²) in [5.74, 6) is -4.33. The smallest absolute Gasteiger partial charge is 0.330 e. The molecule has 0 saturated carbocycles. The number of nitrogens with zero attached hydrogens (tertiary/aromatic N) is 1. The molecule has 0 bridgehead atoms. The Labute approximate surface area is 135 Å². The van der Waals surface area contributed by atoms with Crippen LogP contribution in [0.2, 0.25) is 0 Å². The van der Waals surface area contributed by atoms with Crippen molar-refractivity contribution in [1.82, 2.24) is 4.90 Å². The van der Waals surface area contributed by atoms with E-state index in [0.29, 0.717) is 16.9 Å². The standard InChI is InChI=1S/C15H17F4NO4/c16-14(17)15(18,19)9-23-8-13(22)20-3-4-24-12-2-1-10(7-21)5-11(12)6-20/h1-2,5,14,21H,3-4,6-9H2. The van der Waals surface area contributed by atoms with Crippen molar-refractivity contribution < 1.29 is 36.9 Å². The first kappa shape index (κ1) is 18.5. The van der Waals surface area contributed by atoms with Crippen molar-refractivity contribution in [3.05, 3.63) is 29.3 Å². The lowest BCUT2D eigenvalue weighted by Crippen LogP contribution is -2.38. The molecule has 0 unspecified atom stereocenters. The third-order valence-corrected chi connectivity index (χ3v) is 3.48. The van der Waals surface area contributed by atoms with Crippen LogP contribution >= 0.6 is 0 Å². The largest absolute Gasteiger partial charge is 0.491 e. The van der Waals surface area contributed by atoms with Gasteiger partial charge in [0.2, 0.25) is 5.91 Å². The molecular formula is C15H17F4NO4. The van der Waals surface area contributed by atoms with Crippen LogP contribution in [-0.2, 0) is 22.7 Å². The van der Waals surface area contributed by atoms with Crippen LogP contribution in [0.25, 0.3) is 0 Å². The molecule has 134 valence electrons. The van der Waals surface area contributed by atoms with Crippen molar-refractivity contribution in [3.63, 3.8) is 0 Å². The number of amides is 1. The second kappa shape index (κ2) is 7.80. The number of hydrogen-bond acceptors (Lipinski definition) is 4. The first-order chi connectivity index (χ1) is 11.3. The molecule has 2 rings (SSSR count). The van der Waals surface area contributed by atoms with Gasteiger partial charge in [-0.3, -0.25) is 4.79 Å². The van der Waals surface area contributed by atoms with Gasteiger partial charge in [-0.2, -0.15) is 8.78 Å². The first-order valence-electron chi connectivity index (χ1n) is 7.20. The second-order valence-corrected chi connectivity index (χ2v) is 5.32. The van der Waals surface area contributed by atoms with Crippen molar-refractivity contribution in [2.45, 2.75) is 25.5 Å². The zero-order valence-corrected chi connectivity index (χ0v) is 12.7. The summed E-state index contributed by atoms with van der Waals surface area (Å²) in [4.78, 5) is 13.4. The summed E-state index contributed by atoms with van der Waals surface area (Å²) in [6.07, 6.45) is -3.84. The minimum atomic E-state index is -4.29. The van der Waals surface area contributed by atoms with Gasteiger partial charge in [0.15, 0.2) is 0 Å². The molecule has 9 heteroatoms. The van der Waals surface area contributed by atoms with Crippen molar-refractivity contribution in [2.75, 3.05) is 26.4 Å². The van der Waals surface area contributed by atoms with Gasteiger partial charge in [0, 0.05) is 12.1 Å². The van der Waals surface area contributed by atoms with Gasteiger partial charge in [-0.25, -0.2) is 8.78 Å². The minimum absolute atomic E-state index is 0.149. The molecule has 1 N–H and O–H groups in total. The lowest BCUT2D eigenvalue weighted by Gasteiger charge is -2.21. The normalized spacial score (nSPS) is 15.0. The highest BCUT2D eigenvalue weighted by molar-refractivity contribution is 5.77. The fraction of sp³-hybridized carbons (Fsp3) is 0.533. The number of ether oxygens (including phenoxy) is 2. The van der Waals surface area contributed by atoms with Crippen LogP contribution in [0.3, 0.4) is 0 Å². The molecule has 24 heavy (non-hydrogen) atoms. The van der Waals surface area contributed by atoms with E-state index < -0.39 is 31.5 Å². The molecule has 0 aromatic heterocycles. The predicted octanol–water partition coefficient (Wildman–Crippen LogP) is 1.82. The number of halogens is 4. The van der Waals surface area contributed by atoms with Gasteiger partial charge in [0.05, 0.1) is 13.2 Å². The van der Waals surface area contributed by atoms with Crippen LogP contribution in [0.5, 0.6) is 5.75 Å². The van der Waals surface area contributed by atoms with Crippen molar-refractivity contribution in [1.29, 1.82) is 0 Å². The molecule has 0 spiro atoms. The van der Waals surface area contributed by atoms with E-state index in [9.17, 15) is 22.4 Å². The number of carbonyl (C=O) groups excluding carboxylic acids is 1. The van der Waals surface area contributed by atoms with Crippen molar-refractivity contribution >= 4 is 5.91 Å². The molecule has 1 aromatic carbocycles. The number of alkyl halides is 4. The highest BCUT2D eigenvalue weighted by Crippen LogP contribution is 2.25. The van der Waals surface area contributed by atoms with Gasteiger partial charge in [0.25, 0.3) is 0 Å². The molecule has 1 heterocycles. The number of aliphatic hydroxyl groups excluding tert-OH is 1. The summed E-state index contributed by atoms with van der Waals surface area (Å²) in [6.45, 7) is -1.87. The summed E-state index contributed by atoms with van der Waals surface area (Å²) in [5.41, 5.74) is 1.30. The Morgan fingerprint density at radius 2 is 2.17 bits per heavy atom. The van der Waals surface area contributed by atoms with Crippen LogP contribution in [0.1, 0.15) is 11.1 Å². The molecule has 0 aliphatic carbocycles. The number of benzene rings is 1. The zero-order chi connectivity index (χ0) is 17.7. The lowest BCUT2D eigenvalue weighted by atomic mass is 10.1. The molecule has 1 aliphatic heterocycles. The summed E-state index contributed by atoms with van der Waals surface area (Å²) >= 11 is 0. The monoisotopic (exact) mass is 351 g/mol. The minimum Gasteiger partial charge on any atom is -0.491 e. The summed E-state index contributed by atoms with van der Waals surface area (Å²) in [5, 5.41) is 9.15. The molecule has 1 aliphatic rings. The van der Waals surface area contributed by atoms with E-state index >= 15 is 0 Å². The fourth-order valence-corrected chi connectivity index (χ4v) is 2.19. The van der Waals surface area contributed by atoms with E-state index in [2.05, 4.69) is 4.74 Å². The number of hydrogen-bond donors (Lipinski definition) is 1. The predicted molar refractivity (Wildman–Crippen MR) is 75.0 cm³/mol. The second-order valence-electron chi connectivity index (χ2n) is 5.32. The number of fused-ring (bicyclic) bond motifs is 1.